The fourth-order valence-corrected chi connectivity index (χ4v) is 4.08. The van der Waals surface area contributed by atoms with Crippen molar-refractivity contribution < 1.29 is 9.53 Å². The van der Waals surface area contributed by atoms with E-state index < -0.39 is 0 Å². The number of pyridine rings is 2. The van der Waals surface area contributed by atoms with Crippen LogP contribution in [0.1, 0.15) is 23.2 Å². The second-order valence-electron chi connectivity index (χ2n) is 7.77. The molecule has 0 atom stereocenters. The quantitative estimate of drug-likeness (QED) is 0.690. The van der Waals surface area contributed by atoms with Crippen LogP contribution in [0.5, 0.6) is 0 Å². The molecule has 156 valence electrons. The van der Waals surface area contributed by atoms with Crippen molar-refractivity contribution in [2.24, 2.45) is 0 Å². The molecule has 2 fully saturated rings. The lowest BCUT2D eigenvalue weighted by Gasteiger charge is -2.26. The van der Waals surface area contributed by atoms with Crippen LogP contribution in [-0.2, 0) is 4.74 Å². The summed E-state index contributed by atoms with van der Waals surface area (Å²) in [6.45, 7) is 4.49. The van der Waals surface area contributed by atoms with Crippen molar-refractivity contribution in [2.75, 3.05) is 44.7 Å². The van der Waals surface area contributed by atoms with Gasteiger partial charge in [0.15, 0.2) is 0 Å². The van der Waals surface area contributed by atoms with E-state index in [1.165, 1.54) is 0 Å². The van der Waals surface area contributed by atoms with Crippen molar-refractivity contribution in [3.8, 4) is 11.4 Å². The van der Waals surface area contributed by atoms with Gasteiger partial charge < -0.3 is 20.3 Å². The highest BCUT2D eigenvalue weighted by molar-refractivity contribution is 5.94. The number of ether oxygens (including phenoxy) is 1. The first-order valence-electron chi connectivity index (χ1n) is 10.6. The number of imidazole rings is 1. The van der Waals surface area contributed by atoms with E-state index in [0.717, 1.165) is 48.8 Å². The third kappa shape index (κ3) is 3.88. The first-order valence-corrected chi connectivity index (χ1v) is 10.6. The predicted molar refractivity (Wildman–Crippen MR) is 115 cm³/mol. The number of rotatable bonds is 4. The van der Waals surface area contributed by atoms with E-state index in [1.807, 2.05) is 52.0 Å². The molecule has 0 radical (unpaired) electrons. The zero-order chi connectivity index (χ0) is 20.3. The van der Waals surface area contributed by atoms with Gasteiger partial charge in [-0.2, -0.15) is 0 Å². The van der Waals surface area contributed by atoms with Crippen LogP contribution in [0.15, 0.2) is 42.7 Å². The summed E-state index contributed by atoms with van der Waals surface area (Å²) >= 11 is 0. The average Bonchev–Trinajstić information content (AvgIpc) is 3.23. The number of hydrogen-bond acceptors (Lipinski definition) is 6. The maximum Gasteiger partial charge on any atom is 0.255 e. The SMILES string of the molecule is O=C(c1ccc2ncc(-c3cccc(NC4CCNCC4)n3)n2c1)N1CCOCC1. The van der Waals surface area contributed by atoms with Gasteiger partial charge in [-0.3, -0.25) is 9.20 Å². The Morgan fingerprint density at radius 3 is 2.80 bits per heavy atom. The fourth-order valence-electron chi connectivity index (χ4n) is 4.08. The van der Waals surface area contributed by atoms with Crippen LogP contribution in [0.25, 0.3) is 17.0 Å². The number of anilines is 1. The highest BCUT2D eigenvalue weighted by Gasteiger charge is 2.20. The van der Waals surface area contributed by atoms with Crippen LogP contribution in [0.3, 0.4) is 0 Å². The van der Waals surface area contributed by atoms with Gasteiger partial charge in [0.2, 0.25) is 0 Å². The van der Waals surface area contributed by atoms with Crippen LogP contribution in [0.4, 0.5) is 5.82 Å². The second kappa shape index (κ2) is 8.41. The van der Waals surface area contributed by atoms with Gasteiger partial charge in [0.1, 0.15) is 11.5 Å². The van der Waals surface area contributed by atoms with Crippen LogP contribution < -0.4 is 10.6 Å². The lowest BCUT2D eigenvalue weighted by molar-refractivity contribution is 0.0302. The molecule has 2 saturated heterocycles. The van der Waals surface area contributed by atoms with E-state index in [4.69, 9.17) is 9.72 Å². The van der Waals surface area contributed by atoms with Crippen molar-refractivity contribution in [3.63, 3.8) is 0 Å². The molecule has 3 aromatic rings. The number of fused-ring (bicyclic) bond motifs is 1. The van der Waals surface area contributed by atoms with Crippen LogP contribution >= 0.6 is 0 Å². The van der Waals surface area contributed by atoms with E-state index >= 15 is 0 Å². The molecule has 0 saturated carbocycles. The number of morpholine rings is 1. The number of amides is 1. The molecule has 2 aliphatic heterocycles. The van der Waals surface area contributed by atoms with Crippen molar-refractivity contribution in [1.29, 1.82) is 0 Å². The smallest absolute Gasteiger partial charge is 0.255 e. The number of aromatic nitrogens is 3. The van der Waals surface area contributed by atoms with Crippen LogP contribution in [0.2, 0.25) is 0 Å². The molecule has 0 spiro atoms. The summed E-state index contributed by atoms with van der Waals surface area (Å²) in [6.07, 6.45) is 5.86. The lowest BCUT2D eigenvalue weighted by atomic mass is 10.1. The number of piperidine rings is 1. The van der Waals surface area contributed by atoms with E-state index in [-0.39, 0.29) is 5.91 Å². The Labute approximate surface area is 175 Å². The standard InChI is InChI=1S/C22H26N6O2/c29-22(27-10-12-30-13-11-27)16-4-5-21-24-14-19(28(21)15-16)18-2-1-3-20(26-18)25-17-6-8-23-9-7-17/h1-5,14-15,17,23H,6-13H2,(H,25,26). The predicted octanol–water partition coefficient (Wildman–Crippen LogP) is 2.03. The summed E-state index contributed by atoms with van der Waals surface area (Å²) in [6, 6.07) is 10.2. The van der Waals surface area contributed by atoms with Crippen molar-refractivity contribution in [2.45, 2.75) is 18.9 Å². The molecule has 0 unspecified atom stereocenters. The summed E-state index contributed by atoms with van der Waals surface area (Å²) in [7, 11) is 0. The number of hydrogen-bond donors (Lipinski definition) is 2. The number of carbonyl (C=O) groups is 1. The Bertz CT molecular complexity index is 1040. The monoisotopic (exact) mass is 406 g/mol. The van der Waals surface area contributed by atoms with Gasteiger partial charge in [-0.25, -0.2) is 9.97 Å². The largest absolute Gasteiger partial charge is 0.378 e. The van der Waals surface area contributed by atoms with E-state index in [9.17, 15) is 4.79 Å². The molecule has 8 nitrogen and oxygen atoms in total. The molecule has 3 aromatic heterocycles. The summed E-state index contributed by atoms with van der Waals surface area (Å²) in [5.41, 5.74) is 3.14. The lowest BCUT2D eigenvalue weighted by Crippen LogP contribution is -2.40. The zero-order valence-electron chi connectivity index (χ0n) is 16.9. The average molecular weight is 406 g/mol. The topological polar surface area (TPSA) is 83.8 Å². The summed E-state index contributed by atoms with van der Waals surface area (Å²) in [5.74, 6) is 0.893. The Kier molecular flexibility index (Phi) is 5.33. The van der Waals surface area contributed by atoms with Crippen LogP contribution in [-0.4, -0.2) is 70.6 Å². The van der Waals surface area contributed by atoms with Gasteiger partial charge in [0.05, 0.1) is 36.4 Å². The number of nitrogens with one attached hydrogen (secondary N) is 2. The normalized spacial score (nSPS) is 17.9. The minimum atomic E-state index is 0.0223. The van der Waals surface area contributed by atoms with Gasteiger partial charge in [-0.05, 0) is 50.2 Å². The Hall–Kier alpha value is -2.97. The third-order valence-electron chi connectivity index (χ3n) is 5.75. The summed E-state index contributed by atoms with van der Waals surface area (Å²) in [5, 5.41) is 6.93. The van der Waals surface area contributed by atoms with E-state index in [2.05, 4.69) is 15.6 Å². The zero-order valence-corrected chi connectivity index (χ0v) is 16.9. The minimum Gasteiger partial charge on any atom is -0.378 e. The molecule has 1 amide bonds. The van der Waals surface area contributed by atoms with Gasteiger partial charge in [0, 0.05) is 25.3 Å². The van der Waals surface area contributed by atoms with E-state index in [1.54, 1.807) is 0 Å². The van der Waals surface area contributed by atoms with Gasteiger partial charge >= 0.3 is 0 Å². The van der Waals surface area contributed by atoms with Crippen molar-refractivity contribution in [3.05, 3.63) is 48.3 Å². The molecule has 5 rings (SSSR count). The van der Waals surface area contributed by atoms with Crippen molar-refractivity contribution >= 4 is 17.4 Å². The maximum absolute atomic E-state index is 12.9. The molecule has 2 N–H and O–H groups in total. The summed E-state index contributed by atoms with van der Waals surface area (Å²) < 4.78 is 7.31. The molecular formula is C22H26N6O2. The molecule has 0 bridgehead atoms. The fraction of sp³-hybridized carbons (Fsp3) is 0.409. The van der Waals surface area contributed by atoms with E-state index in [0.29, 0.717) is 37.9 Å². The Balaban J connectivity index is 1.42. The second-order valence-corrected chi connectivity index (χ2v) is 7.77. The minimum absolute atomic E-state index is 0.0223. The highest BCUT2D eigenvalue weighted by atomic mass is 16.5. The first-order chi connectivity index (χ1) is 14.8. The molecule has 0 aromatic carbocycles. The molecule has 30 heavy (non-hydrogen) atoms. The van der Waals surface area contributed by atoms with Gasteiger partial charge in [-0.15, -0.1) is 0 Å². The molecule has 5 heterocycles. The Morgan fingerprint density at radius 2 is 1.97 bits per heavy atom. The Morgan fingerprint density at radius 1 is 1.13 bits per heavy atom. The van der Waals surface area contributed by atoms with Crippen molar-refractivity contribution in [1.82, 2.24) is 24.6 Å². The molecule has 8 heteroatoms. The summed E-state index contributed by atoms with van der Waals surface area (Å²) in [4.78, 5) is 24.1. The number of nitrogens with zero attached hydrogens (tertiary/aromatic N) is 4. The third-order valence-corrected chi connectivity index (χ3v) is 5.75. The molecule has 0 aliphatic carbocycles. The maximum atomic E-state index is 12.9. The van der Waals surface area contributed by atoms with Crippen LogP contribution in [0, 0.1) is 0 Å². The molecular weight excluding hydrogens is 380 g/mol. The molecule has 2 aliphatic rings. The van der Waals surface area contributed by atoms with Gasteiger partial charge in [0.25, 0.3) is 5.91 Å². The first kappa shape index (κ1) is 19.0. The highest BCUT2D eigenvalue weighted by Crippen LogP contribution is 2.22. The van der Waals surface area contributed by atoms with Gasteiger partial charge in [-0.1, -0.05) is 6.07 Å². The number of carbonyl (C=O) groups excluding carboxylic acids is 1.